The molecule has 0 aromatic heterocycles. The smallest absolute Gasteiger partial charge is 0.332 e. The number of amides is 3. The summed E-state index contributed by atoms with van der Waals surface area (Å²) in [6.07, 6.45) is 2.58. The van der Waals surface area contributed by atoms with Gasteiger partial charge in [-0.3, -0.25) is 4.79 Å². The number of primary amides is 1. The highest BCUT2D eigenvalue weighted by atomic mass is 32.2. The maximum atomic E-state index is 11.7. The summed E-state index contributed by atoms with van der Waals surface area (Å²) in [5.41, 5.74) is 7.19. The second-order valence-corrected chi connectivity index (χ2v) is 4.73. The molecule has 1 aliphatic heterocycles. The first-order chi connectivity index (χ1) is 8.47. The summed E-state index contributed by atoms with van der Waals surface area (Å²) >= 11 is 1.63. The lowest BCUT2D eigenvalue weighted by Crippen LogP contribution is -2.30. The molecule has 0 aliphatic carbocycles. The Balaban J connectivity index is 2.84. The summed E-state index contributed by atoms with van der Waals surface area (Å²) < 4.78 is 0. The Morgan fingerprint density at radius 2 is 2.33 bits per heavy atom. The molecule has 7 nitrogen and oxygen atoms in total. The topological polar surface area (TPSA) is 117 Å². The predicted molar refractivity (Wildman–Crippen MR) is 70.4 cm³/mol. The van der Waals surface area contributed by atoms with E-state index in [0.717, 1.165) is 5.75 Å². The van der Waals surface area contributed by atoms with Crippen molar-refractivity contribution in [2.24, 2.45) is 10.8 Å². The molecule has 8 heteroatoms. The molecule has 1 heterocycles. The van der Waals surface area contributed by atoms with Crippen molar-refractivity contribution in [1.82, 2.24) is 10.7 Å². The average molecular weight is 272 g/mol. The van der Waals surface area contributed by atoms with Gasteiger partial charge in [-0.05, 0) is 25.4 Å². The number of nitrogens with zero attached hydrogens (tertiary/aromatic N) is 1. The molecule has 5 N–H and O–H groups in total. The number of carbonyl (C=O) groups excluding carboxylic acids is 2. The molecule has 3 amide bonds. The van der Waals surface area contributed by atoms with Gasteiger partial charge in [0.15, 0.2) is 0 Å². The number of rotatable bonds is 5. The number of aliphatic hydroxyl groups excluding tert-OH is 1. The second-order valence-electron chi connectivity index (χ2n) is 3.74. The van der Waals surface area contributed by atoms with Crippen molar-refractivity contribution in [2.75, 3.05) is 12.0 Å². The van der Waals surface area contributed by atoms with E-state index in [2.05, 4.69) is 10.4 Å². The minimum Gasteiger partial charge on any atom is -0.509 e. The maximum Gasteiger partial charge on any atom is 0.332 e. The van der Waals surface area contributed by atoms with Crippen LogP contribution in [0.3, 0.4) is 0 Å². The zero-order chi connectivity index (χ0) is 13.7. The molecule has 1 aliphatic rings. The molecule has 0 saturated carbocycles. The highest BCUT2D eigenvalue weighted by Gasteiger charge is 2.32. The number of carbonyl (C=O) groups is 2. The Kier molecular flexibility index (Phi) is 5.02. The van der Waals surface area contributed by atoms with Crippen LogP contribution in [0.5, 0.6) is 0 Å². The lowest BCUT2D eigenvalue weighted by atomic mass is 10.1. The summed E-state index contributed by atoms with van der Waals surface area (Å²) in [6.45, 7) is 1.51. The van der Waals surface area contributed by atoms with Gasteiger partial charge in [0.05, 0.1) is 11.8 Å². The van der Waals surface area contributed by atoms with E-state index in [9.17, 15) is 14.7 Å². The molecule has 0 aromatic carbocycles. The van der Waals surface area contributed by atoms with Crippen LogP contribution in [-0.4, -0.2) is 40.8 Å². The molecular formula is C10H16N4O3S. The van der Waals surface area contributed by atoms with E-state index >= 15 is 0 Å². The lowest BCUT2D eigenvalue weighted by molar-refractivity contribution is -0.116. The normalized spacial score (nSPS) is 20.0. The SMILES string of the molecule is CSCC[C@@H]1NC(=O)C(/C(C)=N\NC(N)=O)=C1O. The molecule has 0 bridgehead atoms. The van der Waals surface area contributed by atoms with Gasteiger partial charge in [-0.1, -0.05) is 0 Å². The third-order valence-corrected chi connectivity index (χ3v) is 3.07. The van der Waals surface area contributed by atoms with Crippen molar-refractivity contribution < 1.29 is 14.7 Å². The molecule has 1 rings (SSSR count). The van der Waals surface area contributed by atoms with Crippen molar-refractivity contribution in [1.29, 1.82) is 0 Å². The van der Waals surface area contributed by atoms with Crippen LogP contribution >= 0.6 is 11.8 Å². The van der Waals surface area contributed by atoms with Gasteiger partial charge in [0.25, 0.3) is 5.91 Å². The first-order valence-electron chi connectivity index (χ1n) is 5.30. The Morgan fingerprint density at radius 1 is 1.67 bits per heavy atom. The van der Waals surface area contributed by atoms with Crippen LogP contribution in [0.2, 0.25) is 0 Å². The summed E-state index contributed by atoms with van der Waals surface area (Å²) in [5, 5.41) is 16.2. The summed E-state index contributed by atoms with van der Waals surface area (Å²) in [7, 11) is 0. The van der Waals surface area contributed by atoms with E-state index in [4.69, 9.17) is 5.73 Å². The van der Waals surface area contributed by atoms with Crippen LogP contribution in [0.25, 0.3) is 0 Å². The molecule has 0 unspecified atom stereocenters. The number of thioether (sulfide) groups is 1. The van der Waals surface area contributed by atoms with Crippen LogP contribution in [0.1, 0.15) is 13.3 Å². The van der Waals surface area contributed by atoms with Gasteiger partial charge in [0, 0.05) is 0 Å². The summed E-state index contributed by atoms with van der Waals surface area (Å²) in [5.74, 6) is 0.380. The van der Waals surface area contributed by atoms with Gasteiger partial charge in [-0.25, -0.2) is 10.2 Å². The second kappa shape index (κ2) is 6.29. The first-order valence-corrected chi connectivity index (χ1v) is 6.69. The van der Waals surface area contributed by atoms with Gasteiger partial charge in [-0.15, -0.1) is 0 Å². The van der Waals surface area contributed by atoms with Crippen LogP contribution in [0, 0.1) is 0 Å². The van der Waals surface area contributed by atoms with Crippen molar-refractivity contribution in [2.45, 2.75) is 19.4 Å². The van der Waals surface area contributed by atoms with Crippen LogP contribution < -0.4 is 16.5 Å². The van der Waals surface area contributed by atoms with Crippen molar-refractivity contribution in [3.63, 3.8) is 0 Å². The fourth-order valence-electron chi connectivity index (χ4n) is 1.58. The van der Waals surface area contributed by atoms with E-state index in [1.165, 1.54) is 6.92 Å². The van der Waals surface area contributed by atoms with E-state index in [0.29, 0.717) is 6.42 Å². The van der Waals surface area contributed by atoms with Gasteiger partial charge in [0.2, 0.25) is 0 Å². The zero-order valence-electron chi connectivity index (χ0n) is 10.2. The molecule has 1 atom stereocenters. The Labute approximate surface area is 109 Å². The van der Waals surface area contributed by atoms with Gasteiger partial charge in [-0.2, -0.15) is 16.9 Å². The Morgan fingerprint density at radius 3 is 2.89 bits per heavy atom. The molecular weight excluding hydrogens is 256 g/mol. The Bertz CT molecular complexity index is 419. The van der Waals surface area contributed by atoms with Crippen LogP contribution in [0.4, 0.5) is 4.79 Å². The molecule has 0 saturated heterocycles. The molecule has 0 fully saturated rings. The molecule has 100 valence electrons. The third-order valence-electron chi connectivity index (χ3n) is 2.42. The highest BCUT2D eigenvalue weighted by molar-refractivity contribution is 7.98. The average Bonchev–Trinajstić information content (AvgIpc) is 2.59. The fraction of sp³-hybridized carbons (Fsp3) is 0.500. The minimum atomic E-state index is -0.827. The number of urea groups is 1. The Hall–Kier alpha value is -1.70. The fourth-order valence-corrected chi connectivity index (χ4v) is 2.05. The van der Waals surface area contributed by atoms with E-state index in [1.54, 1.807) is 11.8 Å². The monoisotopic (exact) mass is 272 g/mol. The van der Waals surface area contributed by atoms with Crippen molar-refractivity contribution in [3.05, 3.63) is 11.3 Å². The van der Waals surface area contributed by atoms with Crippen LogP contribution in [0.15, 0.2) is 16.4 Å². The first kappa shape index (κ1) is 14.4. The molecule has 0 aromatic rings. The van der Waals surface area contributed by atoms with Crippen LogP contribution in [-0.2, 0) is 4.79 Å². The maximum absolute atomic E-state index is 11.7. The predicted octanol–water partition coefficient (Wildman–Crippen LogP) is 0.0942. The van der Waals surface area contributed by atoms with Gasteiger partial charge >= 0.3 is 6.03 Å². The van der Waals surface area contributed by atoms with E-state index in [-0.39, 0.29) is 17.0 Å². The van der Waals surface area contributed by atoms with Crippen molar-refractivity contribution in [3.8, 4) is 0 Å². The molecule has 18 heavy (non-hydrogen) atoms. The number of nitrogens with one attached hydrogen (secondary N) is 2. The summed E-state index contributed by atoms with van der Waals surface area (Å²) in [4.78, 5) is 22.2. The standard InChI is InChI=1S/C10H16N4O3S/c1-5(13-14-10(11)17)7-8(15)6(3-4-18-2)12-9(7)16/h6,15H,3-4H2,1-2H3,(H,12,16)(H3,11,14,17)/b13-5-/t6-/m0/s1. The number of nitrogens with two attached hydrogens (primary N) is 1. The van der Waals surface area contributed by atoms with Crippen molar-refractivity contribution >= 4 is 29.4 Å². The number of hydrazone groups is 1. The minimum absolute atomic E-state index is 0.0402. The quantitative estimate of drug-likeness (QED) is 0.419. The number of hydrogen-bond donors (Lipinski definition) is 4. The largest absolute Gasteiger partial charge is 0.509 e. The number of aliphatic hydroxyl groups is 1. The molecule has 0 radical (unpaired) electrons. The lowest BCUT2D eigenvalue weighted by Gasteiger charge is -2.09. The van der Waals surface area contributed by atoms with Gasteiger partial charge < -0.3 is 16.2 Å². The number of hydrogen-bond acceptors (Lipinski definition) is 5. The summed E-state index contributed by atoms with van der Waals surface area (Å²) in [6, 6.07) is -1.22. The third kappa shape index (κ3) is 3.39. The van der Waals surface area contributed by atoms with E-state index in [1.807, 2.05) is 11.7 Å². The van der Waals surface area contributed by atoms with Gasteiger partial charge in [0.1, 0.15) is 11.3 Å². The zero-order valence-corrected chi connectivity index (χ0v) is 11.0. The highest BCUT2D eigenvalue weighted by Crippen LogP contribution is 2.19. The van der Waals surface area contributed by atoms with E-state index < -0.39 is 18.0 Å². The molecule has 0 spiro atoms.